The molecule has 0 fully saturated rings. The van der Waals surface area contributed by atoms with Gasteiger partial charge in [-0.05, 0) is 6.07 Å². The molecule has 0 radical (unpaired) electrons. The van der Waals surface area contributed by atoms with E-state index in [-0.39, 0.29) is 0 Å². The van der Waals surface area contributed by atoms with E-state index in [2.05, 4.69) is 4.42 Å². The molecule has 0 unspecified atom stereocenters. The zero-order chi connectivity index (χ0) is 35.1. The predicted octanol–water partition coefficient (Wildman–Crippen LogP) is 6.85. The molecule has 4 aromatic carbocycles. The third-order valence-electron chi connectivity index (χ3n) is 6.93. The van der Waals surface area contributed by atoms with E-state index >= 15 is 17.6 Å². The van der Waals surface area contributed by atoms with E-state index in [1.54, 1.807) is 12.5 Å². The van der Waals surface area contributed by atoms with Crippen molar-refractivity contribution in [1.29, 1.82) is 0 Å². The smallest absolute Gasteiger partial charge is 0.224 e. The second-order valence-corrected chi connectivity index (χ2v) is 9.41. The molecule has 47 heavy (non-hydrogen) atoms. The maximum absolute atomic E-state index is 15.3. The van der Waals surface area contributed by atoms with Crippen LogP contribution < -0.4 is 21.9 Å². The number of rotatable bonds is 4. The Bertz CT molecular complexity index is 1730. The van der Waals surface area contributed by atoms with Gasteiger partial charge in [-0.3, -0.25) is 0 Å². The van der Waals surface area contributed by atoms with E-state index in [1.807, 2.05) is 18.2 Å². The summed E-state index contributed by atoms with van der Waals surface area (Å²) < 4.78 is 236. The highest BCUT2D eigenvalue weighted by molar-refractivity contribution is 7.20. The molecule has 5 rings (SSSR count). The number of halogens is 16. The molecule has 0 saturated heterocycles. The number of hydrogen-bond donors (Lipinski definition) is 0. The molecule has 0 N–H and O–H groups in total. The Hall–Kier alpha value is -5.03. The van der Waals surface area contributed by atoms with Gasteiger partial charge in [0.25, 0.3) is 0 Å². The van der Waals surface area contributed by atoms with Crippen LogP contribution in [0.15, 0.2) is 59.4 Å². The molecule has 0 amide bonds. The zero-order valence-electron chi connectivity index (χ0n) is 22.2. The topological polar surface area (TPSA) is 11.3 Å². The summed E-state index contributed by atoms with van der Waals surface area (Å²) in [4.78, 5) is 0. The quantitative estimate of drug-likeness (QED) is 0.0662. The predicted molar refractivity (Wildman–Crippen MR) is 133 cm³/mol. The van der Waals surface area contributed by atoms with Crippen molar-refractivity contribution < 1.29 is 74.7 Å². The third kappa shape index (κ3) is 5.65. The second-order valence-electron chi connectivity index (χ2n) is 9.41. The van der Waals surface area contributed by atoms with Gasteiger partial charge in [0.15, 0.2) is 69.8 Å². The van der Waals surface area contributed by atoms with Crippen LogP contribution in [0.2, 0.25) is 0 Å². The fraction of sp³-hybridized carbons (Fsp3) is 0. The molecular formula is C29H9BF16O. The van der Waals surface area contributed by atoms with Crippen LogP contribution in [0, 0.1) is 93.1 Å². The first-order chi connectivity index (χ1) is 22.0. The van der Waals surface area contributed by atoms with Crippen LogP contribution in [-0.2, 0) is 0 Å². The van der Waals surface area contributed by atoms with Crippen LogP contribution in [0.3, 0.4) is 0 Å². The summed E-state index contributed by atoms with van der Waals surface area (Å²) in [6.45, 7) is 0. The lowest BCUT2D eigenvalue weighted by Gasteiger charge is -2.44. The Morgan fingerprint density at radius 3 is 0.702 bits per heavy atom. The van der Waals surface area contributed by atoms with Crippen molar-refractivity contribution in [2.45, 2.75) is 0 Å². The van der Waals surface area contributed by atoms with Crippen molar-refractivity contribution in [2.24, 2.45) is 0 Å². The normalized spacial score (nSPS) is 11.4. The molecule has 1 heterocycles. The van der Waals surface area contributed by atoms with E-state index < -0.39 is 145 Å². The van der Waals surface area contributed by atoms with Crippen LogP contribution in [0.25, 0.3) is 0 Å². The van der Waals surface area contributed by atoms with Gasteiger partial charge in [-0.25, -0.2) is 74.7 Å². The van der Waals surface area contributed by atoms with Gasteiger partial charge >= 0.3 is 12.5 Å². The summed E-state index contributed by atoms with van der Waals surface area (Å²) in [5.41, 5.74) is -9.06. The SMILES string of the molecule is Fc1cc([B-](c2cc(F)c(F)c(F)c2F)(c2cc(F)c(F)c(F)c2F)c2cc(F)c(F)c(F)c2F)c(F)c(F)c1F.c1cc[o+]cc1. The maximum Gasteiger partial charge on any atom is 0.317 e. The highest BCUT2D eigenvalue weighted by Crippen LogP contribution is 2.26. The summed E-state index contributed by atoms with van der Waals surface area (Å²) in [6.07, 6.45) is -2.37. The molecular weight excluding hydrogens is 679 g/mol. The highest BCUT2D eigenvalue weighted by atomic mass is 19.2. The van der Waals surface area contributed by atoms with Crippen molar-refractivity contribution in [3.05, 3.63) is 148 Å². The lowest BCUT2D eigenvalue weighted by atomic mass is 9.12. The van der Waals surface area contributed by atoms with E-state index in [0.29, 0.717) is 0 Å². The van der Waals surface area contributed by atoms with Crippen LogP contribution in [0.1, 0.15) is 0 Å². The van der Waals surface area contributed by atoms with Gasteiger partial charge in [0.1, 0.15) is 29.4 Å². The van der Waals surface area contributed by atoms with E-state index in [0.717, 1.165) is 0 Å². The van der Waals surface area contributed by atoms with Gasteiger partial charge < -0.3 is 0 Å². The monoisotopic (exact) mass is 688 g/mol. The summed E-state index contributed by atoms with van der Waals surface area (Å²) in [6, 6.07) is 3.09. The molecule has 246 valence electrons. The Morgan fingerprint density at radius 2 is 0.532 bits per heavy atom. The van der Waals surface area contributed by atoms with E-state index in [1.165, 1.54) is 0 Å². The summed E-state index contributed by atoms with van der Waals surface area (Å²) in [7, 11) is 0. The Kier molecular flexibility index (Phi) is 9.64. The molecule has 0 saturated carbocycles. The molecule has 0 atom stereocenters. The van der Waals surface area contributed by atoms with Crippen LogP contribution in [0.5, 0.6) is 0 Å². The first-order valence-corrected chi connectivity index (χ1v) is 12.3. The van der Waals surface area contributed by atoms with Crippen LogP contribution in [-0.4, -0.2) is 6.15 Å². The molecule has 0 aliphatic heterocycles. The van der Waals surface area contributed by atoms with Gasteiger partial charge in [-0.1, -0.05) is 24.3 Å². The minimum absolute atomic E-state index is 0.621. The molecule has 0 spiro atoms. The largest absolute Gasteiger partial charge is 0.317 e. The van der Waals surface area contributed by atoms with E-state index in [9.17, 15) is 52.7 Å². The van der Waals surface area contributed by atoms with Gasteiger partial charge in [0, 0.05) is 12.1 Å². The van der Waals surface area contributed by atoms with Gasteiger partial charge in [0.05, 0.1) is 0 Å². The van der Waals surface area contributed by atoms with Crippen LogP contribution >= 0.6 is 0 Å². The van der Waals surface area contributed by atoms with Gasteiger partial charge in [-0.2, -0.15) is 21.9 Å². The minimum Gasteiger partial charge on any atom is -0.224 e. The highest BCUT2D eigenvalue weighted by Gasteiger charge is 2.45. The van der Waals surface area contributed by atoms with Crippen LogP contribution in [0.4, 0.5) is 70.2 Å². The van der Waals surface area contributed by atoms with E-state index in [4.69, 9.17) is 0 Å². The van der Waals surface area contributed by atoms with Crippen molar-refractivity contribution in [3.8, 4) is 0 Å². The fourth-order valence-electron chi connectivity index (χ4n) is 4.92. The molecule has 1 aromatic heterocycles. The van der Waals surface area contributed by atoms with Gasteiger partial charge in [-0.15, -0.1) is 0 Å². The molecule has 0 bridgehead atoms. The zero-order valence-corrected chi connectivity index (χ0v) is 22.2. The Morgan fingerprint density at radius 1 is 0.298 bits per heavy atom. The average Bonchev–Trinajstić information content (AvgIpc) is 3.07. The van der Waals surface area contributed by atoms with Crippen molar-refractivity contribution in [1.82, 2.24) is 0 Å². The first-order valence-electron chi connectivity index (χ1n) is 12.3. The van der Waals surface area contributed by atoms with Crippen molar-refractivity contribution >= 4 is 28.0 Å². The number of hydrogen-bond acceptors (Lipinski definition) is 0. The second kappa shape index (κ2) is 13.0. The molecule has 5 aromatic rings. The summed E-state index contributed by atoms with van der Waals surface area (Å²) in [5.74, 6) is -44.3. The van der Waals surface area contributed by atoms with Crippen molar-refractivity contribution in [2.75, 3.05) is 0 Å². The fourth-order valence-corrected chi connectivity index (χ4v) is 4.92. The number of benzene rings is 4. The Labute approximate surface area is 251 Å². The molecule has 0 aliphatic carbocycles. The first kappa shape index (κ1) is 34.8. The van der Waals surface area contributed by atoms with Crippen molar-refractivity contribution in [3.63, 3.8) is 0 Å². The molecule has 1 nitrogen and oxygen atoms in total. The maximum atomic E-state index is 15.3. The summed E-state index contributed by atoms with van der Waals surface area (Å²) in [5, 5.41) is 0. The lowest BCUT2D eigenvalue weighted by molar-refractivity contribution is 0.408. The average molecular weight is 688 g/mol. The molecule has 18 heteroatoms. The summed E-state index contributed by atoms with van der Waals surface area (Å²) >= 11 is 0. The van der Waals surface area contributed by atoms with Gasteiger partial charge in [0.2, 0.25) is 0 Å². The Balaban J connectivity index is 0.000000748. The minimum atomic E-state index is -5.62. The lowest BCUT2D eigenvalue weighted by Crippen LogP contribution is -2.78. The third-order valence-corrected chi connectivity index (χ3v) is 6.93. The standard InChI is InChI=1S/C24H4BF16.C5H5O/c26-9-1-5(13(30)21(38)17(9)34)25(6-2-10(27)18(35)22(39)14(6)31,7-3-11(28)19(36)23(40)15(7)32)8-4-12(29)20(37)24(41)16(8)33;1-2-4-6-5-3-1/h1-4H;1-5H/q-1;+1. The molecule has 0 aliphatic rings.